The Balaban J connectivity index is 2.17. The minimum atomic E-state index is -0.196. The lowest BCUT2D eigenvalue weighted by Gasteiger charge is -2.25. The molecule has 1 N–H and O–H groups in total. The smallest absolute Gasteiger partial charge is 0.410 e. The van der Waals surface area contributed by atoms with Gasteiger partial charge in [0.05, 0.1) is 12.6 Å². The third-order valence-corrected chi connectivity index (χ3v) is 3.70. The van der Waals surface area contributed by atoms with E-state index in [0.29, 0.717) is 19.7 Å². The fourth-order valence-electron chi connectivity index (χ4n) is 2.54. The largest absolute Gasteiger partial charge is 0.448 e. The molecule has 4 nitrogen and oxygen atoms in total. The SMILES string of the molecule is CCCNC(CN1CCOC1=O)c1cc(C)ccc1C. The van der Waals surface area contributed by atoms with Crippen molar-refractivity contribution in [2.45, 2.75) is 33.2 Å². The fraction of sp³-hybridized carbons (Fsp3) is 0.562. The Bertz CT molecular complexity index is 474. The van der Waals surface area contributed by atoms with Crippen LogP contribution in [0.4, 0.5) is 4.79 Å². The van der Waals surface area contributed by atoms with E-state index in [9.17, 15) is 4.79 Å². The molecule has 20 heavy (non-hydrogen) atoms. The van der Waals surface area contributed by atoms with Crippen LogP contribution in [0.15, 0.2) is 18.2 Å². The van der Waals surface area contributed by atoms with Crippen LogP contribution in [-0.4, -0.2) is 37.2 Å². The number of rotatable bonds is 6. The number of nitrogens with one attached hydrogen (secondary N) is 1. The van der Waals surface area contributed by atoms with E-state index < -0.39 is 0 Å². The lowest BCUT2D eigenvalue weighted by molar-refractivity contribution is 0.155. The molecule has 0 aromatic heterocycles. The molecule has 110 valence electrons. The predicted octanol–water partition coefficient (Wildman–Crippen LogP) is 2.80. The van der Waals surface area contributed by atoms with Gasteiger partial charge >= 0.3 is 6.09 Å². The van der Waals surface area contributed by atoms with Crippen molar-refractivity contribution in [1.29, 1.82) is 0 Å². The predicted molar refractivity (Wildman–Crippen MR) is 79.9 cm³/mol. The van der Waals surface area contributed by atoms with Gasteiger partial charge in [-0.2, -0.15) is 0 Å². The summed E-state index contributed by atoms with van der Waals surface area (Å²) in [5.41, 5.74) is 3.79. The Kier molecular flexibility index (Phi) is 5.01. The first-order valence-electron chi connectivity index (χ1n) is 7.34. The molecular formula is C16H24N2O2. The lowest BCUT2D eigenvalue weighted by Crippen LogP contribution is -2.36. The Morgan fingerprint density at radius 1 is 1.40 bits per heavy atom. The van der Waals surface area contributed by atoms with Crippen LogP contribution in [0, 0.1) is 13.8 Å². The molecule has 1 aliphatic heterocycles. The summed E-state index contributed by atoms with van der Waals surface area (Å²) >= 11 is 0. The van der Waals surface area contributed by atoms with E-state index in [4.69, 9.17) is 4.74 Å². The molecule has 1 saturated heterocycles. The number of cyclic esters (lactones) is 1. The summed E-state index contributed by atoms with van der Waals surface area (Å²) in [6.45, 7) is 9.18. The summed E-state index contributed by atoms with van der Waals surface area (Å²) in [6.07, 6.45) is 0.879. The number of amides is 1. The first-order chi connectivity index (χ1) is 9.61. The highest BCUT2D eigenvalue weighted by Crippen LogP contribution is 2.21. The molecular weight excluding hydrogens is 252 g/mol. The number of hydrogen-bond donors (Lipinski definition) is 1. The summed E-state index contributed by atoms with van der Waals surface area (Å²) in [4.78, 5) is 13.4. The molecule has 1 fully saturated rings. The van der Waals surface area contributed by atoms with Gasteiger partial charge in [-0.1, -0.05) is 30.7 Å². The number of ether oxygens (including phenoxy) is 1. The molecule has 1 aromatic carbocycles. The number of carbonyl (C=O) groups is 1. The van der Waals surface area contributed by atoms with Crippen LogP contribution in [0.5, 0.6) is 0 Å². The maximum absolute atomic E-state index is 11.6. The maximum Gasteiger partial charge on any atom is 0.410 e. The van der Waals surface area contributed by atoms with E-state index in [-0.39, 0.29) is 12.1 Å². The van der Waals surface area contributed by atoms with Crippen molar-refractivity contribution >= 4 is 6.09 Å². The average molecular weight is 276 g/mol. The van der Waals surface area contributed by atoms with E-state index in [1.54, 1.807) is 4.90 Å². The van der Waals surface area contributed by atoms with Crippen molar-refractivity contribution < 1.29 is 9.53 Å². The van der Waals surface area contributed by atoms with Gasteiger partial charge < -0.3 is 15.0 Å². The van der Waals surface area contributed by atoms with Gasteiger partial charge in [0, 0.05) is 6.54 Å². The van der Waals surface area contributed by atoms with Gasteiger partial charge in [0.25, 0.3) is 0 Å². The van der Waals surface area contributed by atoms with Gasteiger partial charge in [-0.25, -0.2) is 4.79 Å². The van der Waals surface area contributed by atoms with E-state index in [1.165, 1.54) is 16.7 Å². The highest BCUT2D eigenvalue weighted by Gasteiger charge is 2.26. The molecule has 0 aliphatic carbocycles. The van der Waals surface area contributed by atoms with Crippen LogP contribution in [0.1, 0.15) is 36.1 Å². The Morgan fingerprint density at radius 3 is 2.85 bits per heavy atom. The van der Waals surface area contributed by atoms with Gasteiger partial charge in [0.15, 0.2) is 0 Å². The van der Waals surface area contributed by atoms with Crippen LogP contribution in [0.25, 0.3) is 0 Å². The van der Waals surface area contributed by atoms with E-state index in [1.807, 2.05) is 0 Å². The first-order valence-corrected chi connectivity index (χ1v) is 7.34. The number of aryl methyl sites for hydroxylation is 2. The quantitative estimate of drug-likeness (QED) is 0.868. The number of nitrogens with zero attached hydrogens (tertiary/aromatic N) is 1. The third kappa shape index (κ3) is 3.51. The molecule has 2 rings (SSSR count). The molecule has 0 spiro atoms. The molecule has 1 atom stereocenters. The van der Waals surface area contributed by atoms with Crippen LogP contribution < -0.4 is 5.32 Å². The fourth-order valence-corrected chi connectivity index (χ4v) is 2.54. The highest BCUT2D eigenvalue weighted by molar-refractivity contribution is 5.69. The zero-order chi connectivity index (χ0) is 14.5. The van der Waals surface area contributed by atoms with Gasteiger partial charge in [0.1, 0.15) is 6.61 Å². The van der Waals surface area contributed by atoms with E-state index >= 15 is 0 Å². The molecule has 0 radical (unpaired) electrons. The number of carbonyl (C=O) groups excluding carboxylic acids is 1. The second-order valence-electron chi connectivity index (χ2n) is 5.43. The van der Waals surface area contributed by atoms with Crippen LogP contribution in [0.2, 0.25) is 0 Å². The molecule has 0 saturated carbocycles. The van der Waals surface area contributed by atoms with Crippen LogP contribution >= 0.6 is 0 Å². The minimum Gasteiger partial charge on any atom is -0.448 e. The third-order valence-electron chi connectivity index (χ3n) is 3.70. The van der Waals surface area contributed by atoms with Crippen LogP contribution in [0.3, 0.4) is 0 Å². The molecule has 1 amide bonds. The summed E-state index contributed by atoms with van der Waals surface area (Å²) in [5.74, 6) is 0. The zero-order valence-corrected chi connectivity index (χ0v) is 12.6. The van der Waals surface area contributed by atoms with Crippen LogP contribution in [-0.2, 0) is 4.74 Å². The van der Waals surface area contributed by atoms with Gasteiger partial charge in [-0.3, -0.25) is 0 Å². The number of hydrogen-bond acceptors (Lipinski definition) is 3. The standard InChI is InChI=1S/C16H24N2O2/c1-4-7-17-15(11-18-8-9-20-16(18)19)14-10-12(2)5-6-13(14)3/h5-6,10,15,17H,4,7-9,11H2,1-3H3. The topological polar surface area (TPSA) is 41.6 Å². The minimum absolute atomic E-state index is 0.167. The van der Waals surface area contributed by atoms with Crippen molar-refractivity contribution in [3.05, 3.63) is 34.9 Å². The van der Waals surface area contributed by atoms with E-state index in [0.717, 1.165) is 13.0 Å². The summed E-state index contributed by atoms with van der Waals surface area (Å²) in [5, 5.41) is 3.55. The normalized spacial score (nSPS) is 16.4. The summed E-state index contributed by atoms with van der Waals surface area (Å²) in [6, 6.07) is 6.65. The molecule has 1 unspecified atom stereocenters. The molecule has 1 aliphatic rings. The Hall–Kier alpha value is -1.55. The summed E-state index contributed by atoms with van der Waals surface area (Å²) in [7, 11) is 0. The van der Waals surface area contributed by atoms with Gasteiger partial charge in [0.2, 0.25) is 0 Å². The highest BCUT2D eigenvalue weighted by atomic mass is 16.6. The average Bonchev–Trinajstić information content (AvgIpc) is 2.83. The van der Waals surface area contributed by atoms with Crippen molar-refractivity contribution in [3.8, 4) is 0 Å². The Labute approximate surface area is 121 Å². The second-order valence-corrected chi connectivity index (χ2v) is 5.43. The molecule has 0 bridgehead atoms. The van der Waals surface area contributed by atoms with Crippen molar-refractivity contribution in [1.82, 2.24) is 10.2 Å². The van der Waals surface area contributed by atoms with Crippen molar-refractivity contribution in [3.63, 3.8) is 0 Å². The second kappa shape index (κ2) is 6.75. The van der Waals surface area contributed by atoms with Crippen molar-refractivity contribution in [2.75, 3.05) is 26.2 Å². The van der Waals surface area contributed by atoms with Gasteiger partial charge in [-0.05, 0) is 37.9 Å². The monoisotopic (exact) mass is 276 g/mol. The van der Waals surface area contributed by atoms with Gasteiger partial charge in [-0.15, -0.1) is 0 Å². The lowest BCUT2D eigenvalue weighted by atomic mass is 9.98. The number of benzene rings is 1. The van der Waals surface area contributed by atoms with Crippen molar-refractivity contribution in [2.24, 2.45) is 0 Å². The zero-order valence-electron chi connectivity index (χ0n) is 12.6. The molecule has 1 heterocycles. The first kappa shape index (κ1) is 14.9. The molecule has 4 heteroatoms. The van der Waals surface area contributed by atoms with E-state index in [2.05, 4.69) is 44.3 Å². The molecule has 1 aromatic rings. The summed E-state index contributed by atoms with van der Waals surface area (Å²) < 4.78 is 5.02. The Morgan fingerprint density at radius 2 is 2.20 bits per heavy atom. The maximum atomic E-state index is 11.6.